The molecule has 3 nitrogen and oxygen atoms in total. The van der Waals surface area contributed by atoms with E-state index < -0.39 is 11.6 Å². The number of phenols is 1. The van der Waals surface area contributed by atoms with E-state index in [1.54, 1.807) is 6.07 Å². The maximum absolute atomic E-state index is 13.7. The first-order chi connectivity index (χ1) is 10.2. The first-order valence-electron chi connectivity index (χ1n) is 6.27. The Kier molecular flexibility index (Phi) is 3.58. The Morgan fingerprint density at radius 3 is 2.62 bits per heavy atom. The molecule has 21 heavy (non-hydrogen) atoms. The Labute approximate surface area is 125 Å². The molecule has 1 aromatic heterocycles. The van der Waals surface area contributed by atoms with Crippen molar-refractivity contribution in [3.05, 3.63) is 53.7 Å². The molecule has 0 saturated carbocycles. The van der Waals surface area contributed by atoms with Crippen LogP contribution < -0.4 is 4.74 Å². The van der Waals surface area contributed by atoms with Gasteiger partial charge in [-0.15, -0.1) is 11.3 Å². The summed E-state index contributed by atoms with van der Waals surface area (Å²) in [5.74, 6) is -1.11. The standard InChI is InChI=1S/C16H12FNO2S/c1-20-14-8-11(7-12(17)15(14)19)16-18-13(9-21-16)10-5-3-2-4-6-10/h2-9,19H,1H3. The molecule has 0 amide bonds. The van der Waals surface area contributed by atoms with Gasteiger partial charge in [-0.3, -0.25) is 0 Å². The lowest BCUT2D eigenvalue weighted by Crippen LogP contribution is -1.89. The predicted molar refractivity (Wildman–Crippen MR) is 81.2 cm³/mol. The zero-order chi connectivity index (χ0) is 14.8. The Bertz CT molecular complexity index is 771. The summed E-state index contributed by atoms with van der Waals surface area (Å²) in [7, 11) is 1.38. The molecule has 0 fully saturated rings. The summed E-state index contributed by atoms with van der Waals surface area (Å²) in [5, 5.41) is 12.1. The van der Waals surface area contributed by atoms with Gasteiger partial charge in [0.1, 0.15) is 5.01 Å². The molecule has 1 N–H and O–H groups in total. The highest BCUT2D eigenvalue weighted by atomic mass is 32.1. The van der Waals surface area contributed by atoms with E-state index in [1.807, 2.05) is 35.7 Å². The predicted octanol–water partition coefficient (Wildman–Crippen LogP) is 4.33. The second kappa shape index (κ2) is 5.54. The fraction of sp³-hybridized carbons (Fsp3) is 0.0625. The van der Waals surface area contributed by atoms with Crippen molar-refractivity contribution < 1.29 is 14.2 Å². The lowest BCUT2D eigenvalue weighted by molar-refractivity contribution is 0.357. The fourth-order valence-corrected chi connectivity index (χ4v) is 2.82. The largest absolute Gasteiger partial charge is 0.502 e. The normalized spacial score (nSPS) is 10.6. The lowest BCUT2D eigenvalue weighted by Gasteiger charge is -2.06. The first-order valence-corrected chi connectivity index (χ1v) is 7.15. The lowest BCUT2D eigenvalue weighted by atomic mass is 10.1. The van der Waals surface area contributed by atoms with E-state index in [-0.39, 0.29) is 5.75 Å². The second-order valence-electron chi connectivity index (χ2n) is 4.41. The van der Waals surface area contributed by atoms with E-state index >= 15 is 0 Å². The van der Waals surface area contributed by atoms with E-state index in [0.717, 1.165) is 11.3 Å². The average Bonchev–Trinajstić information content (AvgIpc) is 3.00. The molecular formula is C16H12FNO2S. The summed E-state index contributed by atoms with van der Waals surface area (Å²) in [6.07, 6.45) is 0. The van der Waals surface area contributed by atoms with Gasteiger partial charge in [0.05, 0.1) is 12.8 Å². The van der Waals surface area contributed by atoms with Gasteiger partial charge in [-0.25, -0.2) is 9.37 Å². The number of halogens is 1. The monoisotopic (exact) mass is 301 g/mol. The van der Waals surface area contributed by atoms with Crippen LogP contribution in [-0.4, -0.2) is 17.2 Å². The molecule has 0 aliphatic rings. The van der Waals surface area contributed by atoms with Gasteiger partial charge in [-0.05, 0) is 12.1 Å². The third-order valence-electron chi connectivity index (χ3n) is 3.07. The van der Waals surface area contributed by atoms with Crippen LogP contribution in [0.4, 0.5) is 4.39 Å². The topological polar surface area (TPSA) is 42.4 Å². The van der Waals surface area contributed by atoms with E-state index in [9.17, 15) is 9.50 Å². The van der Waals surface area contributed by atoms with Crippen LogP contribution in [-0.2, 0) is 0 Å². The minimum absolute atomic E-state index is 0.0986. The van der Waals surface area contributed by atoms with Gasteiger partial charge >= 0.3 is 0 Å². The molecule has 0 saturated heterocycles. The van der Waals surface area contributed by atoms with Crippen LogP contribution >= 0.6 is 11.3 Å². The molecule has 0 bridgehead atoms. The van der Waals surface area contributed by atoms with Crippen molar-refractivity contribution >= 4 is 11.3 Å². The van der Waals surface area contributed by atoms with E-state index in [2.05, 4.69) is 4.98 Å². The minimum atomic E-state index is -0.721. The van der Waals surface area contributed by atoms with Crippen LogP contribution in [0, 0.1) is 5.82 Å². The molecule has 2 aromatic carbocycles. The number of benzene rings is 2. The third kappa shape index (κ3) is 2.60. The van der Waals surface area contributed by atoms with Crippen molar-refractivity contribution in [2.75, 3.05) is 7.11 Å². The number of hydrogen-bond acceptors (Lipinski definition) is 4. The van der Waals surface area contributed by atoms with Gasteiger partial charge in [0.25, 0.3) is 0 Å². The van der Waals surface area contributed by atoms with Gasteiger partial charge < -0.3 is 9.84 Å². The molecule has 1 heterocycles. The maximum Gasteiger partial charge on any atom is 0.194 e. The van der Waals surface area contributed by atoms with Crippen LogP contribution in [0.1, 0.15) is 0 Å². The number of methoxy groups -OCH3 is 1. The molecule has 0 aliphatic heterocycles. The van der Waals surface area contributed by atoms with E-state index in [0.29, 0.717) is 10.6 Å². The zero-order valence-electron chi connectivity index (χ0n) is 11.2. The van der Waals surface area contributed by atoms with Crippen molar-refractivity contribution in [2.45, 2.75) is 0 Å². The molecular weight excluding hydrogens is 289 g/mol. The summed E-state index contributed by atoms with van der Waals surface area (Å²) in [6, 6.07) is 12.6. The SMILES string of the molecule is COc1cc(-c2nc(-c3ccccc3)cs2)cc(F)c1O. The Morgan fingerprint density at radius 1 is 1.14 bits per heavy atom. The molecule has 3 rings (SSSR count). The molecule has 106 valence electrons. The second-order valence-corrected chi connectivity index (χ2v) is 5.27. The number of aromatic nitrogens is 1. The van der Waals surface area contributed by atoms with Crippen molar-refractivity contribution in [1.29, 1.82) is 0 Å². The zero-order valence-corrected chi connectivity index (χ0v) is 12.0. The van der Waals surface area contributed by atoms with Crippen molar-refractivity contribution in [3.8, 4) is 33.3 Å². The number of nitrogens with zero attached hydrogens (tertiary/aromatic N) is 1. The van der Waals surface area contributed by atoms with Crippen LogP contribution in [0.25, 0.3) is 21.8 Å². The Hall–Kier alpha value is -2.40. The molecule has 0 unspecified atom stereocenters. The average molecular weight is 301 g/mol. The molecule has 0 spiro atoms. The third-order valence-corrected chi connectivity index (χ3v) is 3.96. The number of thiazole rings is 1. The highest BCUT2D eigenvalue weighted by Crippen LogP contribution is 2.36. The van der Waals surface area contributed by atoms with E-state index in [1.165, 1.54) is 24.5 Å². The fourth-order valence-electron chi connectivity index (χ4n) is 2.00. The minimum Gasteiger partial charge on any atom is -0.502 e. The van der Waals surface area contributed by atoms with Crippen LogP contribution in [0.15, 0.2) is 47.8 Å². The molecule has 3 aromatic rings. The number of aromatic hydroxyl groups is 1. The summed E-state index contributed by atoms with van der Waals surface area (Å²) in [5.41, 5.74) is 2.42. The molecule has 0 atom stereocenters. The highest BCUT2D eigenvalue weighted by Gasteiger charge is 2.14. The Balaban J connectivity index is 2.03. The maximum atomic E-state index is 13.7. The number of rotatable bonds is 3. The smallest absolute Gasteiger partial charge is 0.194 e. The van der Waals surface area contributed by atoms with Crippen LogP contribution in [0.3, 0.4) is 0 Å². The highest BCUT2D eigenvalue weighted by molar-refractivity contribution is 7.13. The Morgan fingerprint density at radius 2 is 1.90 bits per heavy atom. The number of hydrogen-bond donors (Lipinski definition) is 1. The van der Waals surface area contributed by atoms with Gasteiger partial charge in [-0.2, -0.15) is 0 Å². The van der Waals surface area contributed by atoms with Gasteiger partial charge in [0.15, 0.2) is 17.3 Å². The summed E-state index contributed by atoms with van der Waals surface area (Å²) >= 11 is 1.42. The first kappa shape index (κ1) is 13.6. The van der Waals surface area contributed by atoms with E-state index in [4.69, 9.17) is 4.74 Å². The quantitative estimate of drug-likeness (QED) is 0.783. The van der Waals surface area contributed by atoms with Crippen LogP contribution in [0.2, 0.25) is 0 Å². The van der Waals surface area contributed by atoms with Crippen molar-refractivity contribution in [2.24, 2.45) is 0 Å². The number of ether oxygens (including phenoxy) is 1. The van der Waals surface area contributed by atoms with Crippen molar-refractivity contribution in [1.82, 2.24) is 4.98 Å². The van der Waals surface area contributed by atoms with Gasteiger partial charge in [0.2, 0.25) is 0 Å². The molecule has 5 heteroatoms. The van der Waals surface area contributed by atoms with Crippen LogP contribution in [0.5, 0.6) is 11.5 Å². The summed E-state index contributed by atoms with van der Waals surface area (Å²) < 4.78 is 18.7. The summed E-state index contributed by atoms with van der Waals surface area (Å²) in [6.45, 7) is 0. The molecule has 0 aliphatic carbocycles. The van der Waals surface area contributed by atoms with Crippen molar-refractivity contribution in [3.63, 3.8) is 0 Å². The van der Waals surface area contributed by atoms with Gasteiger partial charge in [-0.1, -0.05) is 30.3 Å². The summed E-state index contributed by atoms with van der Waals surface area (Å²) in [4.78, 5) is 4.51. The van der Waals surface area contributed by atoms with Gasteiger partial charge in [0, 0.05) is 16.5 Å². The molecule has 0 radical (unpaired) electrons. The number of phenolic OH excluding ortho intramolecular Hbond substituents is 1.